The van der Waals surface area contributed by atoms with Gasteiger partial charge in [0.25, 0.3) is 0 Å². The minimum atomic E-state index is 0. The molecule has 1 heterocycles. The van der Waals surface area contributed by atoms with E-state index in [0.29, 0.717) is 13.0 Å². The van der Waals surface area contributed by atoms with Gasteiger partial charge in [-0.25, -0.2) is 0 Å². The van der Waals surface area contributed by atoms with Crippen molar-refractivity contribution in [1.29, 1.82) is 0 Å². The van der Waals surface area contributed by atoms with Crippen LogP contribution in [0.4, 0.5) is 0 Å². The highest BCUT2D eigenvalue weighted by atomic mass is 35.5. The molecule has 0 spiro atoms. The number of hydrogen-bond donors (Lipinski definition) is 2. The highest BCUT2D eigenvalue weighted by Gasteiger charge is 2.03. The molecule has 86 valence electrons. The minimum Gasteiger partial charge on any atom is -0.356 e. The highest BCUT2D eigenvalue weighted by Crippen LogP contribution is 2.08. The van der Waals surface area contributed by atoms with E-state index in [9.17, 15) is 4.79 Å². The molecule has 1 atom stereocenters. The van der Waals surface area contributed by atoms with Gasteiger partial charge in [-0.3, -0.25) is 4.79 Å². The van der Waals surface area contributed by atoms with Gasteiger partial charge in [-0.05, 0) is 24.8 Å². The topological polar surface area (TPSA) is 55.1 Å². The Kier molecular flexibility index (Phi) is 7.38. The molecule has 3 nitrogen and oxygen atoms in total. The Morgan fingerprint density at radius 2 is 2.40 bits per heavy atom. The van der Waals surface area contributed by atoms with E-state index in [1.165, 1.54) is 0 Å². The van der Waals surface area contributed by atoms with Crippen LogP contribution in [0.25, 0.3) is 0 Å². The van der Waals surface area contributed by atoms with E-state index in [4.69, 9.17) is 5.73 Å². The number of rotatable bonds is 5. The zero-order valence-corrected chi connectivity index (χ0v) is 10.4. The van der Waals surface area contributed by atoms with Crippen LogP contribution in [0.5, 0.6) is 0 Å². The van der Waals surface area contributed by atoms with Crippen LogP contribution in [0.15, 0.2) is 17.5 Å². The molecule has 15 heavy (non-hydrogen) atoms. The maximum atomic E-state index is 11.3. The number of carbonyl (C=O) groups excluding carboxylic acids is 1. The molecule has 3 N–H and O–H groups in total. The highest BCUT2D eigenvalue weighted by molar-refractivity contribution is 7.10. The van der Waals surface area contributed by atoms with Gasteiger partial charge in [-0.1, -0.05) is 6.07 Å². The van der Waals surface area contributed by atoms with E-state index in [2.05, 4.69) is 5.32 Å². The summed E-state index contributed by atoms with van der Waals surface area (Å²) in [6.45, 7) is 2.60. The first-order valence-electron chi connectivity index (χ1n) is 4.73. The molecule has 1 rings (SSSR count). The summed E-state index contributed by atoms with van der Waals surface area (Å²) in [5.74, 6) is 0.0769. The molecular formula is C10H17ClN2OS. The molecule has 0 saturated heterocycles. The van der Waals surface area contributed by atoms with Gasteiger partial charge in [0.2, 0.25) is 5.91 Å². The molecule has 0 aliphatic heterocycles. The molecule has 1 amide bonds. The van der Waals surface area contributed by atoms with E-state index in [1.807, 2.05) is 24.4 Å². The van der Waals surface area contributed by atoms with Crippen molar-refractivity contribution in [2.24, 2.45) is 5.73 Å². The lowest BCUT2D eigenvalue weighted by molar-refractivity contribution is -0.120. The third-order valence-corrected chi connectivity index (χ3v) is 2.71. The summed E-state index contributed by atoms with van der Waals surface area (Å²) in [5, 5.41) is 4.82. The van der Waals surface area contributed by atoms with Crippen LogP contribution in [0.3, 0.4) is 0 Å². The van der Waals surface area contributed by atoms with Crippen LogP contribution in [0.2, 0.25) is 0 Å². The Morgan fingerprint density at radius 1 is 1.67 bits per heavy atom. The molecule has 0 aromatic carbocycles. The summed E-state index contributed by atoms with van der Waals surface area (Å²) in [4.78, 5) is 12.4. The first kappa shape index (κ1) is 14.4. The van der Waals surface area contributed by atoms with Crippen molar-refractivity contribution in [3.8, 4) is 0 Å². The van der Waals surface area contributed by atoms with Crippen LogP contribution in [-0.4, -0.2) is 18.5 Å². The fraction of sp³-hybridized carbons (Fsp3) is 0.500. The van der Waals surface area contributed by atoms with Gasteiger partial charge in [0.1, 0.15) is 0 Å². The summed E-state index contributed by atoms with van der Waals surface area (Å²) in [5.41, 5.74) is 5.57. The lowest BCUT2D eigenvalue weighted by atomic mass is 10.2. The van der Waals surface area contributed by atoms with Crippen molar-refractivity contribution in [2.45, 2.75) is 25.8 Å². The molecule has 1 aromatic rings. The van der Waals surface area contributed by atoms with Crippen molar-refractivity contribution >= 4 is 29.7 Å². The summed E-state index contributed by atoms with van der Waals surface area (Å²) < 4.78 is 0. The van der Waals surface area contributed by atoms with Gasteiger partial charge in [0.05, 0.1) is 6.42 Å². The van der Waals surface area contributed by atoms with Gasteiger partial charge in [-0.15, -0.1) is 23.7 Å². The number of thiophene rings is 1. The molecule has 0 radical (unpaired) electrons. The lowest BCUT2D eigenvalue weighted by Gasteiger charge is -2.06. The zero-order valence-electron chi connectivity index (χ0n) is 8.73. The third kappa shape index (κ3) is 6.49. The van der Waals surface area contributed by atoms with Crippen molar-refractivity contribution in [1.82, 2.24) is 5.32 Å². The molecular weight excluding hydrogens is 232 g/mol. The number of hydrogen-bond acceptors (Lipinski definition) is 3. The maximum Gasteiger partial charge on any atom is 0.225 e. The largest absolute Gasteiger partial charge is 0.356 e. The lowest BCUT2D eigenvalue weighted by Crippen LogP contribution is -2.29. The van der Waals surface area contributed by atoms with E-state index < -0.39 is 0 Å². The van der Waals surface area contributed by atoms with Gasteiger partial charge in [0, 0.05) is 17.5 Å². The molecule has 1 unspecified atom stereocenters. The summed E-state index contributed by atoms with van der Waals surface area (Å²) in [6, 6.07) is 4.07. The molecule has 5 heteroatoms. The average molecular weight is 249 g/mol. The van der Waals surface area contributed by atoms with E-state index in [1.54, 1.807) is 11.3 Å². The van der Waals surface area contributed by atoms with Crippen molar-refractivity contribution < 1.29 is 4.79 Å². The number of nitrogens with two attached hydrogens (primary N) is 1. The van der Waals surface area contributed by atoms with Crippen LogP contribution in [0.1, 0.15) is 18.2 Å². The summed E-state index contributed by atoms with van der Waals surface area (Å²) in [7, 11) is 0. The second-order valence-electron chi connectivity index (χ2n) is 3.37. The first-order chi connectivity index (χ1) is 6.68. The quantitative estimate of drug-likeness (QED) is 0.831. The fourth-order valence-electron chi connectivity index (χ4n) is 1.07. The molecule has 0 aliphatic rings. The van der Waals surface area contributed by atoms with Crippen LogP contribution >= 0.6 is 23.7 Å². The van der Waals surface area contributed by atoms with Crippen molar-refractivity contribution in [2.75, 3.05) is 6.54 Å². The molecule has 0 fully saturated rings. The molecule has 0 saturated carbocycles. The van der Waals surface area contributed by atoms with Gasteiger partial charge in [0.15, 0.2) is 0 Å². The Morgan fingerprint density at radius 3 is 2.93 bits per heavy atom. The third-order valence-electron chi connectivity index (χ3n) is 1.84. The predicted molar refractivity (Wildman–Crippen MR) is 66.5 cm³/mol. The maximum absolute atomic E-state index is 11.3. The number of halogens is 1. The van der Waals surface area contributed by atoms with Crippen LogP contribution in [-0.2, 0) is 11.2 Å². The van der Waals surface area contributed by atoms with Crippen LogP contribution < -0.4 is 11.1 Å². The Labute approximate surface area is 100 Å². The number of nitrogens with one attached hydrogen (secondary N) is 1. The molecule has 0 aliphatic carbocycles. The second kappa shape index (κ2) is 7.68. The van der Waals surface area contributed by atoms with Gasteiger partial charge >= 0.3 is 0 Å². The first-order valence-corrected chi connectivity index (χ1v) is 5.61. The SMILES string of the molecule is CC(N)CCNC(=O)Cc1cccs1.Cl. The standard InChI is InChI=1S/C10H16N2OS.ClH/c1-8(11)4-5-12-10(13)7-9-3-2-6-14-9;/h2-3,6,8H,4-5,7,11H2,1H3,(H,12,13);1H. The molecule has 0 bridgehead atoms. The van der Waals surface area contributed by atoms with E-state index in [-0.39, 0.29) is 24.4 Å². The Hall–Kier alpha value is -0.580. The van der Waals surface area contributed by atoms with Crippen molar-refractivity contribution in [3.05, 3.63) is 22.4 Å². The van der Waals surface area contributed by atoms with E-state index >= 15 is 0 Å². The summed E-state index contributed by atoms with van der Waals surface area (Å²) >= 11 is 1.61. The monoisotopic (exact) mass is 248 g/mol. The Balaban J connectivity index is 0.00000196. The zero-order chi connectivity index (χ0) is 10.4. The number of carbonyl (C=O) groups is 1. The number of amides is 1. The van der Waals surface area contributed by atoms with Crippen LogP contribution in [0, 0.1) is 0 Å². The minimum absolute atomic E-state index is 0. The second-order valence-corrected chi connectivity index (χ2v) is 4.40. The smallest absolute Gasteiger partial charge is 0.225 e. The van der Waals surface area contributed by atoms with Crippen molar-refractivity contribution in [3.63, 3.8) is 0 Å². The average Bonchev–Trinajstić information content (AvgIpc) is 2.56. The van der Waals surface area contributed by atoms with E-state index in [0.717, 1.165) is 11.3 Å². The van der Waals surface area contributed by atoms with Gasteiger partial charge < -0.3 is 11.1 Å². The fourth-order valence-corrected chi connectivity index (χ4v) is 1.78. The summed E-state index contributed by atoms with van der Waals surface area (Å²) in [6.07, 6.45) is 1.31. The van der Waals surface area contributed by atoms with Gasteiger partial charge in [-0.2, -0.15) is 0 Å². The Bertz CT molecular complexity index is 275. The normalized spacial score (nSPS) is 11.6. The predicted octanol–water partition coefficient (Wildman–Crippen LogP) is 1.57. The molecule has 1 aromatic heterocycles.